The van der Waals surface area contributed by atoms with Crippen molar-refractivity contribution in [1.82, 2.24) is 0 Å². The van der Waals surface area contributed by atoms with Crippen LogP contribution in [0.5, 0.6) is 23.0 Å². The van der Waals surface area contributed by atoms with E-state index >= 15 is 0 Å². The van der Waals surface area contributed by atoms with Gasteiger partial charge in [0.1, 0.15) is 12.6 Å². The summed E-state index contributed by atoms with van der Waals surface area (Å²) in [6.45, 7) is 7.96. The molecule has 18 nitrogen and oxygen atoms in total. The molecule has 0 unspecified atom stereocenters. The van der Waals surface area contributed by atoms with Gasteiger partial charge in [0.2, 0.25) is 0 Å². The molecule has 0 spiro atoms. The Kier molecular flexibility index (Phi) is 40.5. The van der Waals surface area contributed by atoms with Crippen molar-refractivity contribution < 1.29 is 119 Å². The molecular formula is C48H56N6O12Zn3. The molecule has 69 heavy (non-hydrogen) atoms. The second-order valence-corrected chi connectivity index (χ2v) is 13.8. The van der Waals surface area contributed by atoms with Gasteiger partial charge in [-0.2, -0.15) is 0 Å². The summed E-state index contributed by atoms with van der Waals surface area (Å²) in [6, 6.07) is 13.3. The Morgan fingerprint density at radius 1 is 0.362 bits per heavy atom. The van der Waals surface area contributed by atoms with Crippen molar-refractivity contribution in [1.29, 1.82) is 0 Å². The molecule has 21 heteroatoms. The first-order valence-corrected chi connectivity index (χ1v) is 20.5. The van der Waals surface area contributed by atoms with Crippen molar-refractivity contribution in [2.75, 3.05) is 78.9 Å². The molecule has 0 fully saturated rings. The molecule has 0 radical (unpaired) electrons. The van der Waals surface area contributed by atoms with Gasteiger partial charge < -0.3 is 51.1 Å². The van der Waals surface area contributed by atoms with E-state index in [1.54, 1.807) is 50.2 Å². The fraction of sp³-hybridized carbons (Fsp3) is 0.333. The molecule has 4 aromatic rings. The third kappa shape index (κ3) is 27.2. The maximum absolute atomic E-state index is 12.0. The smallest absolute Gasteiger partial charge is 0.872 e. The Morgan fingerprint density at radius 2 is 0.536 bits per heavy atom. The number of aryl methyl sites for hydroxylation is 4. The van der Waals surface area contributed by atoms with Crippen LogP contribution in [0.3, 0.4) is 0 Å². The zero-order valence-electron chi connectivity index (χ0n) is 39.6. The van der Waals surface area contributed by atoms with Gasteiger partial charge in [-0.1, -0.05) is 59.4 Å². The third-order valence-electron chi connectivity index (χ3n) is 8.16. The molecule has 4 rings (SSSR count). The Hall–Kier alpha value is -4.93. The normalized spacial score (nSPS) is 10.8. The summed E-state index contributed by atoms with van der Waals surface area (Å²) in [4.78, 5) is 44.5. The van der Waals surface area contributed by atoms with Crippen LogP contribution >= 0.6 is 0 Å². The minimum atomic E-state index is -0.342. The van der Waals surface area contributed by atoms with Crippen LogP contribution in [0.25, 0.3) is 0 Å². The van der Waals surface area contributed by atoms with Gasteiger partial charge in [0.05, 0.1) is 52.6 Å². The van der Waals surface area contributed by atoms with E-state index in [1.165, 1.54) is 49.4 Å². The molecule has 4 aromatic carbocycles. The van der Waals surface area contributed by atoms with Crippen LogP contribution in [-0.4, -0.2) is 149 Å². The number of aliphatic imine (C=N–C) groups is 6. The zero-order valence-corrected chi connectivity index (χ0v) is 48.5. The minimum absolute atomic E-state index is 0. The molecule has 0 saturated heterocycles. The molecule has 0 aliphatic carbocycles. The summed E-state index contributed by atoms with van der Waals surface area (Å²) in [5.74, 6) is -0.983. The fourth-order valence-corrected chi connectivity index (χ4v) is 5.38. The maximum atomic E-state index is 12.0. The van der Waals surface area contributed by atoms with Gasteiger partial charge in [-0.3, -0.25) is 39.5 Å². The van der Waals surface area contributed by atoms with Gasteiger partial charge in [-0.25, -0.2) is 0 Å². The number of carbonyl (C=O) groups excluding carboxylic acids is 2. The topological polar surface area (TPSA) is 328 Å². The molecule has 0 saturated carbocycles. The Bertz CT molecular complexity index is 2080. The van der Waals surface area contributed by atoms with E-state index in [9.17, 15) is 40.2 Å². The second-order valence-electron chi connectivity index (χ2n) is 13.8. The number of hydrogen-bond acceptors (Lipinski definition) is 18. The van der Waals surface area contributed by atoms with Crippen molar-refractivity contribution in [3.63, 3.8) is 0 Å². The van der Waals surface area contributed by atoms with Gasteiger partial charge in [0.25, 0.3) is 0 Å². The predicted molar refractivity (Wildman–Crippen MR) is 246 cm³/mol. The standard InChI is InChI=1S/2C13H18N2O3.2C11H12NO3.3Zn/c2*1-10-6-11(8-14-2-4-16)13(18)12(7-10)9-15-3-5-17;2*1-8-4-9(6-12-2-3-13)11(15)10(5-8)7-14;;;/h2*6-9,16-18H,2-5H2,1H3;2*4-7,15H,2-3H2,1H3;;;/q;;2*-1;3*+2/p-4. The summed E-state index contributed by atoms with van der Waals surface area (Å²) in [5.41, 5.74) is 6.38. The van der Waals surface area contributed by atoms with E-state index in [0.29, 0.717) is 46.0 Å². The van der Waals surface area contributed by atoms with Crippen LogP contribution in [0, 0.1) is 27.7 Å². The first-order chi connectivity index (χ1) is 31.7. The van der Waals surface area contributed by atoms with Gasteiger partial charge in [0, 0.05) is 61.5 Å². The van der Waals surface area contributed by atoms with Crippen molar-refractivity contribution in [2.24, 2.45) is 30.0 Å². The second kappa shape index (κ2) is 40.9. The van der Waals surface area contributed by atoms with Crippen LogP contribution in [0.4, 0.5) is 0 Å². The largest absolute Gasteiger partial charge is 2.00 e. The number of aliphatic hydroxyl groups excluding tert-OH is 4. The van der Waals surface area contributed by atoms with Gasteiger partial charge in [0.15, 0.2) is 0 Å². The van der Waals surface area contributed by atoms with E-state index in [1.807, 2.05) is 13.8 Å². The number of benzene rings is 4. The predicted octanol–water partition coefficient (Wildman–Crippen LogP) is -0.905. The molecular weight excluding hydrogens is 1050 g/mol. The van der Waals surface area contributed by atoms with E-state index in [0.717, 1.165) is 22.3 Å². The van der Waals surface area contributed by atoms with Crippen molar-refractivity contribution in [3.05, 3.63) is 115 Å². The monoisotopic (exact) mass is 1100 g/mol. The molecule has 0 aromatic heterocycles. The summed E-state index contributed by atoms with van der Waals surface area (Å²) in [5, 5.41) is 102. The Morgan fingerprint density at radius 3 is 0.710 bits per heavy atom. The van der Waals surface area contributed by atoms with E-state index in [2.05, 4.69) is 30.0 Å². The minimum Gasteiger partial charge on any atom is -0.872 e. The number of rotatable bonds is 20. The number of carbonyl (C=O) groups is 2. The van der Waals surface area contributed by atoms with E-state index in [4.69, 9.17) is 20.4 Å². The molecule has 0 aliphatic rings. The van der Waals surface area contributed by atoms with Crippen LogP contribution in [0.2, 0.25) is 0 Å². The average molecular weight is 1110 g/mol. The van der Waals surface area contributed by atoms with Gasteiger partial charge >= 0.3 is 58.4 Å². The third-order valence-corrected chi connectivity index (χ3v) is 8.16. The summed E-state index contributed by atoms with van der Waals surface area (Å²) < 4.78 is 0. The van der Waals surface area contributed by atoms with Crippen LogP contribution in [0.1, 0.15) is 76.4 Å². The van der Waals surface area contributed by atoms with Gasteiger partial charge in [-0.05, 0) is 95.5 Å². The summed E-state index contributed by atoms with van der Waals surface area (Å²) in [6.07, 6.45) is 9.62. The first-order valence-electron chi connectivity index (χ1n) is 20.5. The number of aldehydes is 2. The molecule has 356 valence electrons. The molecule has 0 heterocycles. The van der Waals surface area contributed by atoms with Gasteiger partial charge in [-0.15, -0.1) is 13.2 Å². The number of aliphatic hydroxyl groups is 4. The number of hydrogen-bond donors (Lipinski definition) is 4. The zero-order chi connectivity index (χ0) is 49.3. The van der Waals surface area contributed by atoms with Crippen LogP contribution in [0.15, 0.2) is 78.5 Å². The van der Waals surface area contributed by atoms with E-state index in [-0.39, 0.29) is 171 Å². The first kappa shape index (κ1) is 68.3. The molecule has 0 amide bonds. The van der Waals surface area contributed by atoms with E-state index < -0.39 is 0 Å². The molecule has 0 bridgehead atoms. The van der Waals surface area contributed by atoms with Crippen LogP contribution < -0.4 is 30.6 Å². The maximum Gasteiger partial charge on any atom is 2.00 e. The fourth-order valence-electron chi connectivity index (χ4n) is 5.38. The van der Waals surface area contributed by atoms with Crippen molar-refractivity contribution in [3.8, 4) is 23.0 Å². The van der Waals surface area contributed by atoms with Crippen molar-refractivity contribution >= 4 is 49.9 Å². The number of nitrogens with zero attached hydrogens (tertiary/aromatic N) is 6. The van der Waals surface area contributed by atoms with Crippen molar-refractivity contribution in [2.45, 2.75) is 27.7 Å². The molecule has 4 N–H and O–H groups in total. The Labute approximate surface area is 441 Å². The average Bonchev–Trinajstić information content (AvgIpc) is 3.29. The van der Waals surface area contributed by atoms with Crippen LogP contribution in [-0.2, 0) is 58.4 Å². The summed E-state index contributed by atoms with van der Waals surface area (Å²) >= 11 is 0. The molecule has 0 atom stereocenters. The quantitative estimate of drug-likeness (QED) is 0.0475. The summed E-state index contributed by atoms with van der Waals surface area (Å²) in [7, 11) is 0. The molecule has 0 aliphatic heterocycles. The Balaban J connectivity index is -0.000000833. The SMILES string of the molecule is Cc1cc(C=NCCO)c([O-])c(C=NCCO)c1.Cc1cc(C=NCCO)c([O-])c(C=NCCO)c1.Cc1cc(C=O)c([O-])c(C=NCC[O-])c1.Cc1cc(C=O)c([O-])c(C=NCC[O-])c1.[Zn+2].[Zn+2].[Zn+2].